The minimum Gasteiger partial charge on any atom is -0.508 e. The Morgan fingerprint density at radius 2 is 1.75 bits per heavy atom. The summed E-state index contributed by atoms with van der Waals surface area (Å²) in [6.07, 6.45) is -4.66. The summed E-state index contributed by atoms with van der Waals surface area (Å²) in [6, 6.07) is 7.39. The Labute approximate surface area is 111 Å². The van der Waals surface area contributed by atoms with Crippen LogP contribution >= 0.6 is 0 Å². The van der Waals surface area contributed by atoms with Crippen LogP contribution in [0.3, 0.4) is 0 Å². The van der Waals surface area contributed by atoms with Crippen LogP contribution in [-0.4, -0.2) is 5.11 Å². The van der Waals surface area contributed by atoms with Gasteiger partial charge in [-0.3, -0.25) is 0 Å². The van der Waals surface area contributed by atoms with Gasteiger partial charge in [0.1, 0.15) is 11.6 Å². The molecule has 0 saturated carbocycles. The number of hydrogen-bond donors (Lipinski definition) is 1. The maximum Gasteiger partial charge on any atom is 0.416 e. The third-order valence-corrected chi connectivity index (χ3v) is 2.65. The second-order valence-corrected chi connectivity index (χ2v) is 4.07. The first-order valence-electron chi connectivity index (χ1n) is 5.42. The van der Waals surface area contributed by atoms with Crippen molar-refractivity contribution in [1.82, 2.24) is 0 Å². The molecular formula is C14H7F4NO. The molecule has 2 rings (SSSR count). The second kappa shape index (κ2) is 4.85. The van der Waals surface area contributed by atoms with Gasteiger partial charge in [-0.1, -0.05) is 0 Å². The topological polar surface area (TPSA) is 44.0 Å². The zero-order valence-corrected chi connectivity index (χ0v) is 9.87. The van der Waals surface area contributed by atoms with Crippen molar-refractivity contribution >= 4 is 0 Å². The van der Waals surface area contributed by atoms with Gasteiger partial charge in [0.15, 0.2) is 0 Å². The van der Waals surface area contributed by atoms with Crippen LogP contribution < -0.4 is 0 Å². The molecule has 0 aliphatic rings. The average molecular weight is 281 g/mol. The quantitative estimate of drug-likeness (QED) is 0.800. The van der Waals surface area contributed by atoms with E-state index in [0.717, 1.165) is 24.3 Å². The number of phenols is 1. The summed E-state index contributed by atoms with van der Waals surface area (Å²) in [4.78, 5) is 0. The molecule has 0 amide bonds. The number of halogens is 4. The van der Waals surface area contributed by atoms with E-state index < -0.39 is 23.3 Å². The molecule has 0 atom stereocenters. The minimum absolute atomic E-state index is 0.110. The number of nitriles is 1. The molecule has 0 aromatic heterocycles. The second-order valence-electron chi connectivity index (χ2n) is 4.07. The molecule has 2 nitrogen and oxygen atoms in total. The lowest BCUT2D eigenvalue weighted by Crippen LogP contribution is -2.04. The van der Waals surface area contributed by atoms with Gasteiger partial charge in [0.2, 0.25) is 0 Å². The van der Waals surface area contributed by atoms with E-state index in [1.54, 1.807) is 6.07 Å². The summed E-state index contributed by atoms with van der Waals surface area (Å²) in [5, 5.41) is 18.1. The maximum atomic E-state index is 13.7. The van der Waals surface area contributed by atoms with Crippen LogP contribution in [0, 0.1) is 17.1 Å². The van der Waals surface area contributed by atoms with E-state index in [2.05, 4.69) is 0 Å². The van der Waals surface area contributed by atoms with Gasteiger partial charge >= 0.3 is 6.18 Å². The summed E-state index contributed by atoms with van der Waals surface area (Å²) in [6.45, 7) is 0. The summed E-state index contributed by atoms with van der Waals surface area (Å²) in [7, 11) is 0. The fourth-order valence-corrected chi connectivity index (χ4v) is 1.75. The molecule has 0 aliphatic carbocycles. The molecule has 0 radical (unpaired) electrons. The highest BCUT2D eigenvalue weighted by atomic mass is 19.4. The van der Waals surface area contributed by atoms with E-state index in [0.29, 0.717) is 6.07 Å². The summed E-state index contributed by atoms with van der Waals surface area (Å²) in [5.74, 6) is -1.40. The zero-order valence-electron chi connectivity index (χ0n) is 9.87. The fourth-order valence-electron chi connectivity index (χ4n) is 1.75. The van der Waals surface area contributed by atoms with Crippen molar-refractivity contribution in [2.75, 3.05) is 0 Å². The Bertz CT molecular complexity index is 701. The molecule has 0 spiro atoms. The van der Waals surface area contributed by atoms with Gasteiger partial charge in [0, 0.05) is 5.56 Å². The molecule has 0 aliphatic heterocycles. The molecule has 0 saturated heterocycles. The lowest BCUT2D eigenvalue weighted by atomic mass is 10.00. The zero-order chi connectivity index (χ0) is 14.9. The standard InChI is InChI=1S/C14H7F4NO/c15-13-2-1-8(7-19)3-12(13)9-4-10(14(16,17)18)6-11(20)5-9/h1-6,20H. The number of benzene rings is 2. The highest BCUT2D eigenvalue weighted by molar-refractivity contribution is 5.68. The molecular weight excluding hydrogens is 274 g/mol. The van der Waals surface area contributed by atoms with Gasteiger partial charge in [0.05, 0.1) is 17.2 Å². The summed E-state index contributed by atoms with van der Waals surface area (Å²) >= 11 is 0. The monoisotopic (exact) mass is 281 g/mol. The lowest BCUT2D eigenvalue weighted by molar-refractivity contribution is -0.137. The van der Waals surface area contributed by atoms with Crippen LogP contribution in [0.1, 0.15) is 11.1 Å². The highest BCUT2D eigenvalue weighted by Gasteiger charge is 2.31. The number of nitrogens with zero attached hydrogens (tertiary/aromatic N) is 1. The van der Waals surface area contributed by atoms with Crippen LogP contribution in [0.5, 0.6) is 5.75 Å². The molecule has 6 heteroatoms. The van der Waals surface area contributed by atoms with Crippen molar-refractivity contribution in [3.8, 4) is 22.9 Å². The Balaban J connectivity index is 2.65. The van der Waals surface area contributed by atoms with Crippen molar-refractivity contribution in [2.45, 2.75) is 6.18 Å². The number of aromatic hydroxyl groups is 1. The van der Waals surface area contributed by atoms with E-state index in [1.807, 2.05) is 0 Å². The molecule has 2 aromatic rings. The normalized spacial score (nSPS) is 11.2. The van der Waals surface area contributed by atoms with Gasteiger partial charge in [-0.25, -0.2) is 4.39 Å². The van der Waals surface area contributed by atoms with Gasteiger partial charge in [-0.15, -0.1) is 0 Å². The number of alkyl halides is 3. The van der Waals surface area contributed by atoms with Crippen molar-refractivity contribution in [1.29, 1.82) is 5.26 Å². The van der Waals surface area contributed by atoms with Crippen LogP contribution in [-0.2, 0) is 6.18 Å². The Morgan fingerprint density at radius 1 is 1.05 bits per heavy atom. The first-order chi connectivity index (χ1) is 9.31. The molecule has 0 bridgehead atoms. The molecule has 0 heterocycles. The third kappa shape index (κ3) is 2.72. The lowest BCUT2D eigenvalue weighted by Gasteiger charge is -2.11. The van der Waals surface area contributed by atoms with Gasteiger partial charge in [0.25, 0.3) is 0 Å². The largest absolute Gasteiger partial charge is 0.508 e. The predicted octanol–water partition coefficient (Wildman–Crippen LogP) is 4.09. The summed E-state index contributed by atoms with van der Waals surface area (Å²) in [5.41, 5.74) is -1.30. The molecule has 1 N–H and O–H groups in total. The van der Waals surface area contributed by atoms with Gasteiger partial charge < -0.3 is 5.11 Å². The van der Waals surface area contributed by atoms with Crippen molar-refractivity contribution in [3.63, 3.8) is 0 Å². The maximum absolute atomic E-state index is 13.7. The van der Waals surface area contributed by atoms with Crippen LogP contribution in [0.25, 0.3) is 11.1 Å². The average Bonchev–Trinajstić information content (AvgIpc) is 2.37. The van der Waals surface area contributed by atoms with Crippen molar-refractivity contribution in [2.24, 2.45) is 0 Å². The van der Waals surface area contributed by atoms with Crippen LogP contribution in [0.15, 0.2) is 36.4 Å². The van der Waals surface area contributed by atoms with Crippen molar-refractivity contribution in [3.05, 3.63) is 53.3 Å². The SMILES string of the molecule is N#Cc1ccc(F)c(-c2cc(O)cc(C(F)(F)F)c2)c1. The Hall–Kier alpha value is -2.55. The molecule has 0 fully saturated rings. The van der Waals surface area contributed by atoms with E-state index in [4.69, 9.17) is 5.26 Å². The Kier molecular flexibility index (Phi) is 3.36. The number of rotatable bonds is 1. The van der Waals surface area contributed by atoms with Gasteiger partial charge in [-0.05, 0) is 42.0 Å². The molecule has 0 unspecified atom stereocenters. The molecule has 102 valence electrons. The first-order valence-corrected chi connectivity index (χ1v) is 5.42. The Morgan fingerprint density at radius 3 is 2.35 bits per heavy atom. The van der Waals surface area contributed by atoms with Crippen molar-refractivity contribution < 1.29 is 22.7 Å². The summed E-state index contributed by atoms with van der Waals surface area (Å²) < 4.78 is 51.6. The number of phenolic OH excluding ortho intramolecular Hbond substituents is 1. The smallest absolute Gasteiger partial charge is 0.416 e. The third-order valence-electron chi connectivity index (χ3n) is 2.65. The molecule has 20 heavy (non-hydrogen) atoms. The van der Waals surface area contributed by atoms with Crippen LogP contribution in [0.4, 0.5) is 17.6 Å². The van der Waals surface area contributed by atoms with E-state index in [-0.39, 0.29) is 16.7 Å². The van der Waals surface area contributed by atoms with E-state index in [1.165, 1.54) is 6.07 Å². The van der Waals surface area contributed by atoms with E-state index >= 15 is 0 Å². The molecule has 2 aromatic carbocycles. The highest BCUT2D eigenvalue weighted by Crippen LogP contribution is 2.36. The predicted molar refractivity (Wildman–Crippen MR) is 63.2 cm³/mol. The minimum atomic E-state index is -4.66. The number of hydrogen-bond acceptors (Lipinski definition) is 2. The van der Waals surface area contributed by atoms with Gasteiger partial charge in [-0.2, -0.15) is 18.4 Å². The fraction of sp³-hybridized carbons (Fsp3) is 0.0714. The first kappa shape index (κ1) is 13.9. The van der Waals surface area contributed by atoms with Crippen LogP contribution in [0.2, 0.25) is 0 Å². The van der Waals surface area contributed by atoms with E-state index in [9.17, 15) is 22.7 Å².